The number of benzene rings is 1. The molecule has 1 rings (SSSR count). The zero-order valence-corrected chi connectivity index (χ0v) is 9.48. The van der Waals surface area contributed by atoms with Gasteiger partial charge in [0.2, 0.25) is 5.91 Å². The molecule has 4 nitrogen and oxygen atoms in total. The zero-order chi connectivity index (χ0) is 13.4. The first-order chi connectivity index (χ1) is 8.63. The quantitative estimate of drug-likeness (QED) is 0.757. The Morgan fingerprint density at radius 1 is 1.44 bits per heavy atom. The maximum absolute atomic E-state index is 12.1. The number of ether oxygens (including phenoxy) is 1. The van der Waals surface area contributed by atoms with Gasteiger partial charge in [0, 0.05) is 18.2 Å². The van der Waals surface area contributed by atoms with Crippen LogP contribution in [0, 0.1) is 0 Å². The molecule has 6 heteroatoms. The van der Waals surface area contributed by atoms with Crippen molar-refractivity contribution in [3.05, 3.63) is 35.9 Å². The fourth-order valence-corrected chi connectivity index (χ4v) is 1.23. The van der Waals surface area contributed by atoms with Crippen LogP contribution in [0.25, 0.3) is 6.08 Å². The maximum Gasteiger partial charge on any atom is 0.387 e. The van der Waals surface area contributed by atoms with Crippen LogP contribution in [0.2, 0.25) is 0 Å². The van der Waals surface area contributed by atoms with Gasteiger partial charge in [-0.1, -0.05) is 18.2 Å². The number of hydrogen-bond acceptors (Lipinski definition) is 3. The predicted octanol–water partition coefficient (Wildman–Crippen LogP) is 1.41. The Labute approximate surface area is 103 Å². The van der Waals surface area contributed by atoms with Gasteiger partial charge in [-0.05, 0) is 12.1 Å². The minimum absolute atomic E-state index is 0.00120. The van der Waals surface area contributed by atoms with Crippen LogP contribution in [0.1, 0.15) is 5.56 Å². The lowest BCUT2D eigenvalue weighted by molar-refractivity contribution is -0.116. The van der Waals surface area contributed by atoms with Gasteiger partial charge in [-0.15, -0.1) is 0 Å². The highest BCUT2D eigenvalue weighted by atomic mass is 19.3. The Morgan fingerprint density at radius 3 is 2.83 bits per heavy atom. The fraction of sp³-hybridized carbons (Fsp3) is 0.250. The maximum atomic E-state index is 12.1. The van der Waals surface area contributed by atoms with Crippen LogP contribution in [-0.2, 0) is 4.79 Å². The van der Waals surface area contributed by atoms with Crippen molar-refractivity contribution in [3.8, 4) is 5.75 Å². The molecule has 0 aromatic heterocycles. The summed E-state index contributed by atoms with van der Waals surface area (Å²) in [6.07, 6.45) is 2.55. The summed E-state index contributed by atoms with van der Waals surface area (Å²) >= 11 is 0. The number of amides is 1. The van der Waals surface area contributed by atoms with Crippen LogP contribution in [0.4, 0.5) is 8.78 Å². The first kappa shape index (κ1) is 14.1. The molecular weight excluding hydrogens is 244 g/mol. The highest BCUT2D eigenvalue weighted by molar-refractivity contribution is 5.92. The molecule has 2 N–H and O–H groups in total. The van der Waals surface area contributed by atoms with E-state index in [-0.39, 0.29) is 18.9 Å². The van der Waals surface area contributed by atoms with Crippen LogP contribution in [-0.4, -0.2) is 30.8 Å². The molecule has 1 aromatic carbocycles. The predicted molar refractivity (Wildman–Crippen MR) is 62.2 cm³/mol. The fourth-order valence-electron chi connectivity index (χ4n) is 1.23. The van der Waals surface area contributed by atoms with Crippen LogP contribution in [0.3, 0.4) is 0 Å². The van der Waals surface area contributed by atoms with Crippen LogP contribution < -0.4 is 10.1 Å². The molecule has 0 aliphatic carbocycles. The van der Waals surface area contributed by atoms with Gasteiger partial charge < -0.3 is 15.2 Å². The molecule has 0 saturated heterocycles. The molecule has 0 bridgehead atoms. The summed E-state index contributed by atoms with van der Waals surface area (Å²) in [5.74, 6) is -0.422. The lowest BCUT2D eigenvalue weighted by Crippen LogP contribution is -2.24. The lowest BCUT2D eigenvalue weighted by atomic mass is 10.2. The van der Waals surface area contributed by atoms with Crippen molar-refractivity contribution in [1.82, 2.24) is 5.32 Å². The highest BCUT2D eigenvalue weighted by Crippen LogP contribution is 2.21. The van der Waals surface area contributed by atoms with Crippen molar-refractivity contribution in [2.24, 2.45) is 0 Å². The Balaban J connectivity index is 2.71. The average molecular weight is 257 g/mol. The van der Waals surface area contributed by atoms with E-state index >= 15 is 0 Å². The molecule has 0 radical (unpaired) electrons. The van der Waals surface area contributed by atoms with E-state index in [1.165, 1.54) is 18.2 Å². The molecule has 1 amide bonds. The van der Waals surface area contributed by atoms with Crippen LogP contribution >= 0.6 is 0 Å². The minimum atomic E-state index is -2.91. The molecule has 0 fully saturated rings. The first-order valence-electron chi connectivity index (χ1n) is 5.24. The number of para-hydroxylation sites is 1. The Hall–Kier alpha value is -1.95. The van der Waals surface area contributed by atoms with Gasteiger partial charge in [0.15, 0.2) is 0 Å². The molecule has 98 valence electrons. The molecule has 0 aliphatic heterocycles. The zero-order valence-electron chi connectivity index (χ0n) is 9.48. The molecule has 18 heavy (non-hydrogen) atoms. The van der Waals surface area contributed by atoms with E-state index in [9.17, 15) is 13.6 Å². The Bertz CT molecular complexity index is 422. The summed E-state index contributed by atoms with van der Waals surface area (Å²) in [6, 6.07) is 6.13. The number of aliphatic hydroxyl groups is 1. The number of carbonyl (C=O) groups is 1. The Kier molecular flexibility index (Phi) is 5.79. The number of rotatable bonds is 6. The highest BCUT2D eigenvalue weighted by Gasteiger charge is 2.07. The van der Waals surface area contributed by atoms with Gasteiger partial charge >= 0.3 is 6.61 Å². The molecule has 0 saturated carbocycles. The number of halogens is 2. The monoisotopic (exact) mass is 257 g/mol. The minimum Gasteiger partial charge on any atom is -0.434 e. The molecule has 1 aromatic rings. The number of nitrogens with one attached hydrogen (secondary N) is 1. The molecule has 0 atom stereocenters. The van der Waals surface area contributed by atoms with Crippen molar-refractivity contribution in [2.75, 3.05) is 13.2 Å². The molecular formula is C12H13F2NO3. The summed E-state index contributed by atoms with van der Waals surface area (Å²) in [7, 11) is 0. The summed E-state index contributed by atoms with van der Waals surface area (Å²) in [5, 5.41) is 10.9. The normalized spacial score (nSPS) is 10.9. The van der Waals surface area contributed by atoms with E-state index in [4.69, 9.17) is 5.11 Å². The molecule has 0 unspecified atom stereocenters. The number of hydrogen-bond donors (Lipinski definition) is 2. The van der Waals surface area contributed by atoms with Gasteiger partial charge in [0.25, 0.3) is 0 Å². The van der Waals surface area contributed by atoms with Crippen molar-refractivity contribution in [1.29, 1.82) is 0 Å². The standard InChI is InChI=1S/C12H13F2NO3/c13-12(14)18-10-4-2-1-3-9(10)5-6-11(17)15-7-8-16/h1-6,12,16H,7-8H2,(H,15,17)/b6-5+. The average Bonchev–Trinajstić information content (AvgIpc) is 2.34. The second kappa shape index (κ2) is 7.39. The second-order valence-electron chi connectivity index (χ2n) is 3.26. The van der Waals surface area contributed by atoms with Crippen molar-refractivity contribution >= 4 is 12.0 Å². The lowest BCUT2D eigenvalue weighted by Gasteiger charge is -2.07. The molecule has 0 aliphatic rings. The third-order valence-electron chi connectivity index (χ3n) is 1.96. The second-order valence-corrected chi connectivity index (χ2v) is 3.26. The summed E-state index contributed by atoms with van der Waals surface area (Å²) in [4.78, 5) is 11.2. The van der Waals surface area contributed by atoms with E-state index in [0.29, 0.717) is 5.56 Å². The smallest absolute Gasteiger partial charge is 0.387 e. The molecule has 0 heterocycles. The number of carbonyl (C=O) groups excluding carboxylic acids is 1. The summed E-state index contributed by atoms with van der Waals surface area (Å²) in [6.45, 7) is -2.94. The number of aliphatic hydroxyl groups excluding tert-OH is 1. The largest absolute Gasteiger partial charge is 0.434 e. The van der Waals surface area contributed by atoms with E-state index in [1.54, 1.807) is 18.2 Å². The van der Waals surface area contributed by atoms with Crippen LogP contribution in [0.5, 0.6) is 5.75 Å². The Morgan fingerprint density at radius 2 is 2.17 bits per heavy atom. The number of alkyl halides is 2. The SMILES string of the molecule is O=C(/C=C/c1ccccc1OC(F)F)NCCO. The molecule has 0 spiro atoms. The topological polar surface area (TPSA) is 58.6 Å². The van der Waals surface area contributed by atoms with Gasteiger partial charge in [-0.25, -0.2) is 0 Å². The van der Waals surface area contributed by atoms with Crippen molar-refractivity contribution in [3.63, 3.8) is 0 Å². The van der Waals surface area contributed by atoms with Gasteiger partial charge in [0.05, 0.1) is 6.61 Å². The summed E-state index contributed by atoms with van der Waals surface area (Å²) < 4.78 is 28.5. The van der Waals surface area contributed by atoms with Crippen LogP contribution in [0.15, 0.2) is 30.3 Å². The van der Waals surface area contributed by atoms with E-state index in [1.807, 2.05) is 0 Å². The van der Waals surface area contributed by atoms with E-state index < -0.39 is 12.5 Å². The van der Waals surface area contributed by atoms with Gasteiger partial charge in [-0.2, -0.15) is 8.78 Å². The summed E-state index contributed by atoms with van der Waals surface area (Å²) in [5.41, 5.74) is 0.372. The third-order valence-corrected chi connectivity index (χ3v) is 1.96. The third kappa shape index (κ3) is 4.92. The van der Waals surface area contributed by atoms with Crippen molar-refractivity contribution in [2.45, 2.75) is 6.61 Å². The first-order valence-corrected chi connectivity index (χ1v) is 5.24. The van der Waals surface area contributed by atoms with Gasteiger partial charge in [0.1, 0.15) is 5.75 Å². The van der Waals surface area contributed by atoms with E-state index in [0.717, 1.165) is 0 Å². The van der Waals surface area contributed by atoms with E-state index in [2.05, 4.69) is 10.1 Å². The van der Waals surface area contributed by atoms with Gasteiger partial charge in [-0.3, -0.25) is 4.79 Å². The van der Waals surface area contributed by atoms with Crippen molar-refractivity contribution < 1.29 is 23.4 Å².